The molecule has 0 bridgehead atoms. The van der Waals surface area contributed by atoms with Crippen molar-refractivity contribution in [2.24, 2.45) is 11.8 Å². The summed E-state index contributed by atoms with van der Waals surface area (Å²) in [6.07, 6.45) is 8.96. The van der Waals surface area contributed by atoms with Gasteiger partial charge in [0.2, 0.25) is 0 Å². The van der Waals surface area contributed by atoms with Gasteiger partial charge in [-0.1, -0.05) is 19.8 Å². The van der Waals surface area contributed by atoms with Gasteiger partial charge in [0.1, 0.15) is 11.6 Å². The highest BCUT2D eigenvalue weighted by molar-refractivity contribution is 5.40. The number of nitrogens with one attached hydrogen (secondary N) is 2. The van der Waals surface area contributed by atoms with Gasteiger partial charge < -0.3 is 10.6 Å². The zero-order valence-corrected chi connectivity index (χ0v) is 10.7. The van der Waals surface area contributed by atoms with Crippen molar-refractivity contribution in [3.05, 3.63) is 12.4 Å². The van der Waals surface area contributed by atoms with Crippen molar-refractivity contribution in [2.45, 2.75) is 32.6 Å². The van der Waals surface area contributed by atoms with Crippen LogP contribution in [0.15, 0.2) is 12.4 Å². The molecule has 0 aromatic carbocycles. The summed E-state index contributed by atoms with van der Waals surface area (Å²) in [5.41, 5.74) is 0. The Morgan fingerprint density at radius 2 is 2.12 bits per heavy atom. The molecule has 1 saturated carbocycles. The molecule has 17 heavy (non-hydrogen) atoms. The van der Waals surface area contributed by atoms with Crippen molar-refractivity contribution >= 4 is 11.6 Å². The first-order chi connectivity index (χ1) is 8.28. The van der Waals surface area contributed by atoms with Gasteiger partial charge in [0, 0.05) is 13.6 Å². The molecule has 0 amide bonds. The highest BCUT2D eigenvalue weighted by Gasteiger charge is 2.18. The number of hydrogen-bond acceptors (Lipinski definition) is 4. The number of anilines is 2. The molecule has 2 atom stereocenters. The summed E-state index contributed by atoms with van der Waals surface area (Å²) in [5.74, 6) is 3.35. The maximum absolute atomic E-state index is 4.41. The molecular formula is C13H22N4. The standard InChI is InChI=1S/C13H22N4/c1-10-4-3-5-11(6-10)7-16-13-9-15-8-12(14-2)17-13/h8-11H,3-7H2,1-2H3,(H2,14,16,17). The molecule has 2 unspecified atom stereocenters. The van der Waals surface area contributed by atoms with E-state index in [0.717, 1.165) is 30.0 Å². The normalized spacial score (nSPS) is 24.4. The molecule has 0 saturated heterocycles. The van der Waals surface area contributed by atoms with Crippen LogP contribution in [0.25, 0.3) is 0 Å². The minimum absolute atomic E-state index is 0.791. The lowest BCUT2D eigenvalue weighted by atomic mass is 9.82. The van der Waals surface area contributed by atoms with Gasteiger partial charge in [-0.2, -0.15) is 0 Å². The average molecular weight is 234 g/mol. The predicted octanol–water partition coefficient (Wildman–Crippen LogP) is 2.76. The third-order valence-corrected chi connectivity index (χ3v) is 3.51. The summed E-state index contributed by atoms with van der Waals surface area (Å²) in [6, 6.07) is 0. The van der Waals surface area contributed by atoms with Crippen LogP contribution < -0.4 is 10.6 Å². The molecule has 0 radical (unpaired) electrons. The first-order valence-electron chi connectivity index (χ1n) is 6.51. The lowest BCUT2D eigenvalue weighted by molar-refractivity contribution is 0.293. The molecule has 1 heterocycles. The third-order valence-electron chi connectivity index (χ3n) is 3.51. The Balaban J connectivity index is 1.84. The molecule has 1 aromatic heterocycles. The van der Waals surface area contributed by atoms with Gasteiger partial charge in [0.25, 0.3) is 0 Å². The fourth-order valence-corrected chi connectivity index (χ4v) is 2.57. The lowest BCUT2D eigenvalue weighted by Crippen LogP contribution is -2.21. The van der Waals surface area contributed by atoms with Crippen molar-refractivity contribution in [3.8, 4) is 0 Å². The average Bonchev–Trinajstić information content (AvgIpc) is 2.37. The van der Waals surface area contributed by atoms with Crippen LogP contribution in [0.4, 0.5) is 11.6 Å². The second kappa shape index (κ2) is 5.84. The Kier molecular flexibility index (Phi) is 4.18. The maximum Gasteiger partial charge on any atom is 0.146 e. The van der Waals surface area contributed by atoms with E-state index in [4.69, 9.17) is 0 Å². The molecule has 0 spiro atoms. The van der Waals surface area contributed by atoms with Gasteiger partial charge in [-0.3, -0.25) is 4.98 Å². The fraction of sp³-hybridized carbons (Fsp3) is 0.692. The second-order valence-electron chi connectivity index (χ2n) is 5.06. The van der Waals surface area contributed by atoms with E-state index in [1.54, 1.807) is 12.4 Å². The van der Waals surface area contributed by atoms with E-state index in [9.17, 15) is 0 Å². The molecule has 2 rings (SSSR count). The van der Waals surface area contributed by atoms with Crippen LogP contribution >= 0.6 is 0 Å². The summed E-state index contributed by atoms with van der Waals surface area (Å²) in [4.78, 5) is 8.56. The zero-order chi connectivity index (χ0) is 12.1. The van der Waals surface area contributed by atoms with Gasteiger partial charge in [-0.05, 0) is 24.7 Å². The van der Waals surface area contributed by atoms with Gasteiger partial charge in [0.15, 0.2) is 0 Å². The Bertz CT molecular complexity index is 353. The molecule has 2 N–H and O–H groups in total. The van der Waals surface area contributed by atoms with Crippen LogP contribution in [-0.4, -0.2) is 23.6 Å². The number of nitrogens with zero attached hydrogens (tertiary/aromatic N) is 2. The Labute approximate surface area is 103 Å². The van der Waals surface area contributed by atoms with Crippen molar-refractivity contribution in [3.63, 3.8) is 0 Å². The van der Waals surface area contributed by atoms with Crippen LogP contribution in [0.5, 0.6) is 0 Å². The summed E-state index contributed by atoms with van der Waals surface area (Å²) in [5, 5.41) is 6.39. The number of rotatable bonds is 4. The largest absolute Gasteiger partial charge is 0.372 e. The molecule has 4 heteroatoms. The van der Waals surface area contributed by atoms with E-state index in [1.165, 1.54) is 25.7 Å². The first kappa shape index (κ1) is 12.1. The van der Waals surface area contributed by atoms with E-state index in [-0.39, 0.29) is 0 Å². The minimum Gasteiger partial charge on any atom is -0.372 e. The summed E-state index contributed by atoms with van der Waals surface area (Å²) in [6.45, 7) is 3.37. The molecule has 1 fully saturated rings. The first-order valence-corrected chi connectivity index (χ1v) is 6.51. The Morgan fingerprint density at radius 1 is 1.29 bits per heavy atom. The zero-order valence-electron chi connectivity index (χ0n) is 10.7. The van der Waals surface area contributed by atoms with Crippen LogP contribution in [-0.2, 0) is 0 Å². The second-order valence-corrected chi connectivity index (χ2v) is 5.06. The van der Waals surface area contributed by atoms with E-state index in [0.29, 0.717) is 0 Å². The lowest BCUT2D eigenvalue weighted by Gasteiger charge is -2.26. The van der Waals surface area contributed by atoms with Gasteiger partial charge in [-0.15, -0.1) is 0 Å². The van der Waals surface area contributed by atoms with Crippen LogP contribution in [0.2, 0.25) is 0 Å². The van der Waals surface area contributed by atoms with Crippen LogP contribution in [0.1, 0.15) is 32.6 Å². The summed E-state index contributed by atoms with van der Waals surface area (Å²) >= 11 is 0. The number of aromatic nitrogens is 2. The summed E-state index contributed by atoms with van der Waals surface area (Å²) in [7, 11) is 1.86. The third kappa shape index (κ3) is 3.58. The monoisotopic (exact) mass is 234 g/mol. The summed E-state index contributed by atoms with van der Waals surface area (Å²) < 4.78 is 0. The van der Waals surface area contributed by atoms with Crippen molar-refractivity contribution in [2.75, 3.05) is 24.2 Å². The molecular weight excluding hydrogens is 212 g/mol. The highest BCUT2D eigenvalue weighted by Crippen LogP contribution is 2.28. The smallest absolute Gasteiger partial charge is 0.146 e. The topological polar surface area (TPSA) is 49.8 Å². The predicted molar refractivity (Wildman–Crippen MR) is 71.2 cm³/mol. The van der Waals surface area contributed by atoms with E-state index < -0.39 is 0 Å². The van der Waals surface area contributed by atoms with Crippen LogP contribution in [0.3, 0.4) is 0 Å². The van der Waals surface area contributed by atoms with E-state index in [1.807, 2.05) is 7.05 Å². The van der Waals surface area contributed by atoms with Crippen molar-refractivity contribution in [1.82, 2.24) is 9.97 Å². The van der Waals surface area contributed by atoms with Gasteiger partial charge >= 0.3 is 0 Å². The minimum atomic E-state index is 0.791. The highest BCUT2D eigenvalue weighted by atomic mass is 15.1. The molecule has 4 nitrogen and oxygen atoms in total. The van der Waals surface area contributed by atoms with Crippen LogP contribution in [0, 0.1) is 11.8 Å². The van der Waals surface area contributed by atoms with E-state index >= 15 is 0 Å². The van der Waals surface area contributed by atoms with Crippen molar-refractivity contribution in [1.29, 1.82) is 0 Å². The quantitative estimate of drug-likeness (QED) is 0.841. The van der Waals surface area contributed by atoms with Crippen molar-refractivity contribution < 1.29 is 0 Å². The maximum atomic E-state index is 4.41. The molecule has 0 aliphatic heterocycles. The Morgan fingerprint density at radius 3 is 2.88 bits per heavy atom. The molecule has 1 aromatic rings. The SMILES string of the molecule is CNc1cncc(NCC2CCCC(C)C2)n1. The number of hydrogen-bond donors (Lipinski definition) is 2. The molecule has 94 valence electrons. The van der Waals surface area contributed by atoms with Gasteiger partial charge in [0.05, 0.1) is 12.4 Å². The fourth-order valence-electron chi connectivity index (χ4n) is 2.57. The van der Waals surface area contributed by atoms with E-state index in [2.05, 4.69) is 27.5 Å². The molecule has 1 aliphatic carbocycles. The molecule has 1 aliphatic rings. The Hall–Kier alpha value is -1.32. The van der Waals surface area contributed by atoms with Gasteiger partial charge in [-0.25, -0.2) is 4.98 Å².